The number of methoxy groups -OCH3 is 2. The smallest absolute Gasteiger partial charge is 0.332 e. The van der Waals surface area contributed by atoms with Gasteiger partial charge in [-0.05, 0) is 42.9 Å². The first-order chi connectivity index (χ1) is 11.5. The normalized spacial score (nSPS) is 12.3. The van der Waals surface area contributed by atoms with Crippen molar-refractivity contribution >= 4 is 41.7 Å². The number of phenolic OH excluding ortho intramolecular Hbond substituents is 1. The summed E-state index contributed by atoms with van der Waals surface area (Å²) in [7, 11) is 2.91. The van der Waals surface area contributed by atoms with Gasteiger partial charge in [0.1, 0.15) is 0 Å². The fourth-order valence-corrected chi connectivity index (χ4v) is 3.17. The van der Waals surface area contributed by atoms with Crippen LogP contribution in [0.5, 0.6) is 17.2 Å². The molecule has 24 heavy (non-hydrogen) atoms. The first-order valence-electron chi connectivity index (χ1n) is 7.02. The number of hydrogen-bond acceptors (Lipinski definition) is 7. The standard InChI is InChI=1S/C16H17NO5S2/c1-4-22-14(18)8-10-13(24-16(23)17-10)7-9-5-11(20-2)15(19)12(6-9)21-3/h5-8,19H,4H2,1-3H3,(H,17,23)/b10-8-,13-7-. The van der Waals surface area contributed by atoms with Crippen molar-refractivity contribution in [1.82, 2.24) is 4.98 Å². The third-order valence-electron chi connectivity index (χ3n) is 3.05. The number of benzene rings is 1. The molecule has 0 aliphatic carbocycles. The van der Waals surface area contributed by atoms with Crippen molar-refractivity contribution in [3.8, 4) is 17.2 Å². The maximum Gasteiger partial charge on any atom is 0.332 e. The van der Waals surface area contributed by atoms with Crippen LogP contribution in [0.3, 0.4) is 0 Å². The molecule has 0 amide bonds. The molecule has 0 saturated heterocycles. The summed E-state index contributed by atoms with van der Waals surface area (Å²) in [5.41, 5.74) is 0.727. The molecule has 8 heteroatoms. The number of ether oxygens (including phenoxy) is 3. The van der Waals surface area contributed by atoms with E-state index in [-0.39, 0.29) is 17.2 Å². The number of hydrogen-bond donors (Lipinski definition) is 2. The van der Waals surface area contributed by atoms with E-state index in [9.17, 15) is 9.90 Å². The van der Waals surface area contributed by atoms with E-state index in [1.807, 2.05) is 6.08 Å². The van der Waals surface area contributed by atoms with Crippen molar-refractivity contribution in [2.24, 2.45) is 0 Å². The fourth-order valence-electron chi connectivity index (χ4n) is 2.02. The number of aromatic amines is 1. The first-order valence-corrected chi connectivity index (χ1v) is 8.25. The SMILES string of the molecule is CCOC(=O)/C=c1\[nH]c(=S)s\c1=C/c1cc(OC)c(O)c(OC)c1. The molecule has 2 aromatic rings. The Bertz CT molecular complexity index is 888. The highest BCUT2D eigenvalue weighted by Crippen LogP contribution is 2.37. The van der Waals surface area contributed by atoms with Gasteiger partial charge in [0.2, 0.25) is 5.75 Å². The van der Waals surface area contributed by atoms with Gasteiger partial charge in [-0.2, -0.15) is 0 Å². The molecule has 0 aliphatic rings. The molecule has 0 aliphatic heterocycles. The van der Waals surface area contributed by atoms with E-state index in [4.69, 9.17) is 26.4 Å². The molecule has 6 nitrogen and oxygen atoms in total. The Morgan fingerprint density at radius 2 is 1.96 bits per heavy atom. The minimum Gasteiger partial charge on any atom is -0.502 e. The molecule has 0 unspecified atom stereocenters. The van der Waals surface area contributed by atoms with Crippen molar-refractivity contribution in [2.75, 3.05) is 20.8 Å². The topological polar surface area (TPSA) is 80.8 Å². The highest BCUT2D eigenvalue weighted by molar-refractivity contribution is 7.73. The molecule has 128 valence electrons. The first kappa shape index (κ1) is 18.0. The summed E-state index contributed by atoms with van der Waals surface area (Å²) >= 11 is 6.47. The second-order valence-electron chi connectivity index (χ2n) is 4.61. The van der Waals surface area contributed by atoms with Gasteiger partial charge in [0, 0.05) is 6.08 Å². The Kier molecular flexibility index (Phi) is 5.99. The number of aromatic nitrogens is 1. The molecule has 1 aromatic heterocycles. The molecule has 0 bridgehead atoms. The molecule has 0 atom stereocenters. The van der Waals surface area contributed by atoms with Gasteiger partial charge < -0.3 is 24.3 Å². The van der Waals surface area contributed by atoms with Crippen LogP contribution >= 0.6 is 23.6 Å². The average molecular weight is 367 g/mol. The van der Waals surface area contributed by atoms with Gasteiger partial charge in [-0.15, -0.1) is 11.3 Å². The van der Waals surface area contributed by atoms with E-state index in [0.717, 1.165) is 10.1 Å². The number of esters is 1. The van der Waals surface area contributed by atoms with E-state index < -0.39 is 5.97 Å². The summed E-state index contributed by atoms with van der Waals surface area (Å²) in [6.45, 7) is 2.04. The van der Waals surface area contributed by atoms with Crippen molar-refractivity contribution < 1.29 is 24.1 Å². The Labute approximate surface area is 147 Å². The third-order valence-corrected chi connectivity index (χ3v) is 4.25. The zero-order valence-electron chi connectivity index (χ0n) is 13.4. The van der Waals surface area contributed by atoms with Crippen LogP contribution in [0.1, 0.15) is 12.5 Å². The van der Waals surface area contributed by atoms with Crippen molar-refractivity contribution in [1.29, 1.82) is 0 Å². The van der Waals surface area contributed by atoms with Gasteiger partial charge in [-0.3, -0.25) is 0 Å². The van der Waals surface area contributed by atoms with Crippen LogP contribution in [-0.4, -0.2) is 36.9 Å². The number of thiazole rings is 1. The van der Waals surface area contributed by atoms with Gasteiger partial charge in [0.15, 0.2) is 15.5 Å². The summed E-state index contributed by atoms with van der Waals surface area (Å²) in [4.78, 5) is 14.6. The Morgan fingerprint density at radius 1 is 1.33 bits per heavy atom. The van der Waals surface area contributed by atoms with Crippen LogP contribution in [0.15, 0.2) is 12.1 Å². The molecule has 0 fully saturated rings. The van der Waals surface area contributed by atoms with E-state index >= 15 is 0 Å². The van der Waals surface area contributed by atoms with Gasteiger partial charge in [-0.25, -0.2) is 4.79 Å². The second kappa shape index (κ2) is 7.98. The van der Waals surface area contributed by atoms with Crippen LogP contribution in [-0.2, 0) is 9.53 Å². The summed E-state index contributed by atoms with van der Waals surface area (Å²) in [6.07, 6.45) is 3.17. The number of carbonyl (C=O) groups is 1. The number of rotatable bonds is 5. The Balaban J connectivity index is 2.61. The van der Waals surface area contributed by atoms with Crippen molar-refractivity contribution in [2.45, 2.75) is 6.92 Å². The van der Waals surface area contributed by atoms with E-state index in [1.54, 1.807) is 19.1 Å². The van der Waals surface area contributed by atoms with Gasteiger partial charge in [0.25, 0.3) is 0 Å². The minimum absolute atomic E-state index is 0.0721. The summed E-state index contributed by atoms with van der Waals surface area (Å²) in [6, 6.07) is 3.32. The number of carbonyl (C=O) groups excluding carboxylic acids is 1. The number of H-pyrrole nitrogens is 1. The maximum absolute atomic E-state index is 11.7. The monoisotopic (exact) mass is 367 g/mol. The molecule has 1 heterocycles. The van der Waals surface area contributed by atoms with E-state index in [0.29, 0.717) is 15.9 Å². The third kappa shape index (κ3) is 4.15. The van der Waals surface area contributed by atoms with Gasteiger partial charge in [0.05, 0.1) is 30.7 Å². The lowest BCUT2D eigenvalue weighted by Gasteiger charge is -2.09. The van der Waals surface area contributed by atoms with Crippen LogP contribution in [0, 0.1) is 3.95 Å². The van der Waals surface area contributed by atoms with Crippen LogP contribution in [0.4, 0.5) is 0 Å². The molecule has 2 N–H and O–H groups in total. The molecule has 1 aromatic carbocycles. The van der Waals surface area contributed by atoms with Crippen LogP contribution in [0.2, 0.25) is 0 Å². The van der Waals surface area contributed by atoms with E-state index in [1.165, 1.54) is 31.6 Å². The van der Waals surface area contributed by atoms with Crippen LogP contribution < -0.4 is 19.4 Å². The predicted molar refractivity (Wildman–Crippen MR) is 94.6 cm³/mol. The Hall–Kier alpha value is -2.32. The van der Waals surface area contributed by atoms with Gasteiger partial charge in [-0.1, -0.05) is 0 Å². The summed E-state index contributed by atoms with van der Waals surface area (Å²) in [5.74, 6) is 0.0561. The van der Waals surface area contributed by atoms with Gasteiger partial charge >= 0.3 is 5.97 Å². The highest BCUT2D eigenvalue weighted by atomic mass is 32.1. The largest absolute Gasteiger partial charge is 0.502 e. The quantitative estimate of drug-likeness (QED) is 0.618. The molecule has 2 rings (SSSR count). The number of aromatic hydroxyl groups is 1. The lowest BCUT2D eigenvalue weighted by atomic mass is 10.1. The van der Waals surface area contributed by atoms with Crippen molar-refractivity contribution in [3.05, 3.63) is 31.5 Å². The summed E-state index contributed by atoms with van der Waals surface area (Å²) in [5, 5.41) is 10.5. The minimum atomic E-state index is -0.447. The number of nitrogens with one attached hydrogen (secondary N) is 1. The Morgan fingerprint density at radius 3 is 2.50 bits per heavy atom. The lowest BCUT2D eigenvalue weighted by molar-refractivity contribution is -0.135. The molecular formula is C16H17NO5S2. The number of phenols is 1. The van der Waals surface area contributed by atoms with Crippen LogP contribution in [0.25, 0.3) is 12.2 Å². The van der Waals surface area contributed by atoms with E-state index in [2.05, 4.69) is 4.98 Å². The molecular weight excluding hydrogens is 350 g/mol. The second-order valence-corrected chi connectivity index (χ2v) is 6.33. The van der Waals surface area contributed by atoms with Crippen molar-refractivity contribution in [3.63, 3.8) is 0 Å². The highest BCUT2D eigenvalue weighted by Gasteiger charge is 2.10. The summed E-state index contributed by atoms with van der Waals surface area (Å²) < 4.78 is 16.5. The molecule has 0 saturated carbocycles. The molecule has 0 radical (unpaired) electrons. The lowest BCUT2D eigenvalue weighted by Crippen LogP contribution is -2.23. The predicted octanol–water partition coefficient (Wildman–Crippen LogP) is 1.70. The zero-order valence-corrected chi connectivity index (χ0v) is 15.0. The average Bonchev–Trinajstić information content (AvgIpc) is 2.88. The molecule has 0 spiro atoms. The maximum atomic E-state index is 11.7. The fraction of sp³-hybridized carbons (Fsp3) is 0.250. The zero-order chi connectivity index (χ0) is 17.7.